The first-order valence-electron chi connectivity index (χ1n) is 10.2. The van der Waals surface area contributed by atoms with Gasteiger partial charge in [-0.1, -0.05) is 23.8 Å². The van der Waals surface area contributed by atoms with E-state index in [4.69, 9.17) is 5.26 Å². The molecule has 2 aromatic carbocycles. The standard InChI is InChI=1S/C23H22N4O3S2/c1-17-3-2-4-19(13-17)23-25-20(16-31-23)14-22(28)26-9-11-27(12-10-26)32(29,30)21-7-5-18(15-24)6-8-21/h2-8,13,16H,9-12,14H2,1H3. The molecular weight excluding hydrogens is 444 g/mol. The zero-order chi connectivity index (χ0) is 22.7. The molecule has 1 saturated heterocycles. The highest BCUT2D eigenvalue weighted by atomic mass is 32.2. The number of aromatic nitrogens is 1. The van der Waals surface area contributed by atoms with Crippen molar-refractivity contribution in [2.24, 2.45) is 0 Å². The van der Waals surface area contributed by atoms with Crippen LogP contribution in [0, 0.1) is 18.3 Å². The van der Waals surface area contributed by atoms with Crippen LogP contribution in [0.4, 0.5) is 0 Å². The van der Waals surface area contributed by atoms with Gasteiger partial charge in [0.15, 0.2) is 0 Å². The number of nitriles is 1. The van der Waals surface area contributed by atoms with E-state index >= 15 is 0 Å². The zero-order valence-corrected chi connectivity index (χ0v) is 19.2. The SMILES string of the molecule is Cc1cccc(-c2nc(CC(=O)N3CCN(S(=O)(=O)c4ccc(C#N)cc4)CC3)cs2)c1. The molecule has 0 aliphatic carbocycles. The first kappa shape index (κ1) is 22.1. The third-order valence-electron chi connectivity index (χ3n) is 5.36. The Hall–Kier alpha value is -3.06. The summed E-state index contributed by atoms with van der Waals surface area (Å²) in [4.78, 5) is 19.2. The van der Waals surface area contributed by atoms with E-state index in [0.29, 0.717) is 18.7 Å². The molecule has 0 unspecified atom stereocenters. The van der Waals surface area contributed by atoms with Crippen molar-refractivity contribution in [2.75, 3.05) is 26.2 Å². The van der Waals surface area contributed by atoms with Crippen LogP contribution in [-0.4, -0.2) is 54.7 Å². The molecule has 1 aliphatic heterocycles. The fraction of sp³-hybridized carbons (Fsp3) is 0.261. The second-order valence-electron chi connectivity index (χ2n) is 7.61. The van der Waals surface area contributed by atoms with Crippen LogP contribution >= 0.6 is 11.3 Å². The van der Waals surface area contributed by atoms with Gasteiger partial charge in [-0.05, 0) is 37.3 Å². The van der Waals surface area contributed by atoms with Gasteiger partial charge in [0.25, 0.3) is 0 Å². The molecule has 4 rings (SSSR count). The summed E-state index contributed by atoms with van der Waals surface area (Å²) in [5, 5.41) is 11.7. The number of carbonyl (C=O) groups excluding carboxylic acids is 1. The Morgan fingerprint density at radius 3 is 2.50 bits per heavy atom. The molecule has 7 nitrogen and oxygen atoms in total. The largest absolute Gasteiger partial charge is 0.340 e. The van der Waals surface area contributed by atoms with E-state index in [2.05, 4.69) is 11.1 Å². The average Bonchev–Trinajstić information content (AvgIpc) is 3.27. The predicted octanol–water partition coefficient (Wildman–Crippen LogP) is 3.07. The number of piperazine rings is 1. The number of benzene rings is 2. The van der Waals surface area contributed by atoms with Crippen LogP contribution in [0.1, 0.15) is 16.8 Å². The topological polar surface area (TPSA) is 94.4 Å². The molecule has 1 aliphatic rings. The average molecular weight is 467 g/mol. The summed E-state index contributed by atoms with van der Waals surface area (Å²) in [6.45, 7) is 3.18. The van der Waals surface area contributed by atoms with Crippen LogP contribution in [-0.2, 0) is 21.2 Å². The van der Waals surface area contributed by atoms with Gasteiger partial charge in [0.2, 0.25) is 15.9 Å². The molecule has 0 N–H and O–H groups in total. The minimum atomic E-state index is -3.65. The van der Waals surface area contributed by atoms with E-state index < -0.39 is 10.0 Å². The van der Waals surface area contributed by atoms with Crippen molar-refractivity contribution in [2.45, 2.75) is 18.2 Å². The Balaban J connectivity index is 1.36. The maximum Gasteiger partial charge on any atom is 0.243 e. The lowest BCUT2D eigenvalue weighted by Crippen LogP contribution is -2.50. The lowest BCUT2D eigenvalue weighted by molar-refractivity contribution is -0.131. The number of amides is 1. The lowest BCUT2D eigenvalue weighted by Gasteiger charge is -2.34. The maximum absolute atomic E-state index is 12.8. The number of sulfonamides is 1. The maximum atomic E-state index is 12.8. The minimum Gasteiger partial charge on any atom is -0.340 e. The molecule has 164 valence electrons. The van der Waals surface area contributed by atoms with Crippen molar-refractivity contribution in [3.63, 3.8) is 0 Å². The number of nitrogens with zero attached hydrogens (tertiary/aromatic N) is 4. The summed E-state index contributed by atoms with van der Waals surface area (Å²) in [6, 6.07) is 15.9. The Morgan fingerprint density at radius 2 is 1.84 bits per heavy atom. The number of hydrogen-bond donors (Lipinski definition) is 0. The van der Waals surface area contributed by atoms with E-state index in [9.17, 15) is 13.2 Å². The monoisotopic (exact) mass is 466 g/mol. The Morgan fingerprint density at radius 1 is 1.12 bits per heavy atom. The Kier molecular flexibility index (Phi) is 6.37. The lowest BCUT2D eigenvalue weighted by atomic mass is 10.1. The predicted molar refractivity (Wildman–Crippen MR) is 122 cm³/mol. The molecule has 1 fully saturated rings. The molecular formula is C23H22N4O3S2. The molecule has 1 aromatic heterocycles. The van der Waals surface area contributed by atoms with Crippen LogP contribution in [0.25, 0.3) is 10.6 Å². The van der Waals surface area contributed by atoms with Gasteiger partial charge in [-0.25, -0.2) is 13.4 Å². The second-order valence-corrected chi connectivity index (χ2v) is 10.4. The van der Waals surface area contributed by atoms with Crippen LogP contribution in [0.2, 0.25) is 0 Å². The fourth-order valence-electron chi connectivity index (χ4n) is 3.59. The summed E-state index contributed by atoms with van der Waals surface area (Å²) in [5.41, 5.74) is 3.33. The quantitative estimate of drug-likeness (QED) is 0.576. The van der Waals surface area contributed by atoms with E-state index in [0.717, 1.165) is 21.8 Å². The highest BCUT2D eigenvalue weighted by molar-refractivity contribution is 7.89. The van der Waals surface area contributed by atoms with Gasteiger partial charge in [-0.2, -0.15) is 9.57 Å². The van der Waals surface area contributed by atoms with E-state index in [1.807, 2.05) is 36.6 Å². The number of aryl methyl sites for hydroxylation is 1. The summed E-state index contributed by atoms with van der Waals surface area (Å²) in [5.74, 6) is -0.0542. The first-order valence-corrected chi connectivity index (χ1v) is 12.5. The molecule has 1 amide bonds. The molecule has 3 aromatic rings. The molecule has 32 heavy (non-hydrogen) atoms. The summed E-state index contributed by atoms with van der Waals surface area (Å²) in [6.07, 6.45) is 0.199. The van der Waals surface area contributed by atoms with Gasteiger partial charge < -0.3 is 4.90 Å². The molecule has 0 bridgehead atoms. The van der Waals surface area contributed by atoms with Crippen LogP contribution in [0.5, 0.6) is 0 Å². The van der Waals surface area contributed by atoms with E-state index in [1.54, 1.807) is 4.90 Å². The number of rotatable bonds is 5. The molecule has 9 heteroatoms. The van der Waals surface area contributed by atoms with Crippen LogP contribution in [0.3, 0.4) is 0 Å². The molecule has 0 atom stereocenters. The molecule has 0 spiro atoms. The number of hydrogen-bond acceptors (Lipinski definition) is 6. The number of thiazole rings is 1. The van der Waals surface area contributed by atoms with Crippen molar-refractivity contribution in [1.29, 1.82) is 5.26 Å². The normalized spacial score (nSPS) is 14.8. The van der Waals surface area contributed by atoms with Crippen molar-refractivity contribution < 1.29 is 13.2 Å². The smallest absolute Gasteiger partial charge is 0.243 e. The van der Waals surface area contributed by atoms with Gasteiger partial charge >= 0.3 is 0 Å². The van der Waals surface area contributed by atoms with Gasteiger partial charge in [-0.15, -0.1) is 11.3 Å². The highest BCUT2D eigenvalue weighted by Gasteiger charge is 2.30. The first-order chi connectivity index (χ1) is 15.4. The van der Waals surface area contributed by atoms with E-state index in [1.165, 1.54) is 39.9 Å². The summed E-state index contributed by atoms with van der Waals surface area (Å²) in [7, 11) is -3.65. The second kappa shape index (κ2) is 9.20. The molecule has 0 saturated carbocycles. The third-order valence-corrected chi connectivity index (χ3v) is 8.21. The van der Waals surface area contributed by atoms with Gasteiger partial charge in [0.05, 0.1) is 28.6 Å². The van der Waals surface area contributed by atoms with Gasteiger partial charge in [0, 0.05) is 37.1 Å². The van der Waals surface area contributed by atoms with Gasteiger partial charge in [-0.3, -0.25) is 4.79 Å². The molecule has 0 radical (unpaired) electrons. The van der Waals surface area contributed by atoms with Gasteiger partial charge in [0.1, 0.15) is 5.01 Å². The minimum absolute atomic E-state index is 0.0542. The summed E-state index contributed by atoms with van der Waals surface area (Å²) >= 11 is 1.51. The van der Waals surface area contributed by atoms with Crippen molar-refractivity contribution in [1.82, 2.24) is 14.2 Å². The highest BCUT2D eigenvalue weighted by Crippen LogP contribution is 2.25. The van der Waals surface area contributed by atoms with Crippen molar-refractivity contribution >= 4 is 27.3 Å². The van der Waals surface area contributed by atoms with Crippen LogP contribution < -0.4 is 0 Å². The third kappa shape index (κ3) is 4.72. The number of carbonyl (C=O) groups is 1. The fourth-order valence-corrected chi connectivity index (χ4v) is 5.83. The zero-order valence-electron chi connectivity index (χ0n) is 17.6. The van der Waals surface area contributed by atoms with E-state index in [-0.39, 0.29) is 30.3 Å². The Labute approximate surface area is 191 Å². The summed E-state index contributed by atoms with van der Waals surface area (Å²) < 4.78 is 27.1. The van der Waals surface area contributed by atoms with Crippen LogP contribution in [0.15, 0.2) is 58.8 Å². The van der Waals surface area contributed by atoms with Crippen molar-refractivity contribution in [3.8, 4) is 16.6 Å². The van der Waals surface area contributed by atoms with Crippen molar-refractivity contribution in [3.05, 3.63) is 70.7 Å². The molecule has 2 heterocycles. The Bertz CT molecular complexity index is 1270.